The minimum atomic E-state index is -0.0344. The maximum atomic E-state index is 13.5. The predicted octanol–water partition coefficient (Wildman–Crippen LogP) is 6.41. The SMILES string of the molecule is CCCN(Cc1nnc(-c2ccco2)o1)C(=O)Cc1nc(-c2ccccc2)sc1-c1ccc(C)cc1. The van der Waals surface area contributed by atoms with Crippen LogP contribution in [0.2, 0.25) is 0 Å². The Morgan fingerprint density at radius 1 is 0.972 bits per heavy atom. The number of carbonyl (C=O) groups excluding carboxylic acids is 1. The zero-order valence-electron chi connectivity index (χ0n) is 20.2. The minimum absolute atomic E-state index is 0.0344. The molecular formula is C28H26N4O3S. The van der Waals surface area contributed by atoms with Gasteiger partial charge in [-0.1, -0.05) is 67.1 Å². The summed E-state index contributed by atoms with van der Waals surface area (Å²) in [5, 5.41) is 9.07. The minimum Gasteiger partial charge on any atom is -0.459 e. The van der Waals surface area contributed by atoms with Gasteiger partial charge >= 0.3 is 0 Å². The summed E-state index contributed by atoms with van der Waals surface area (Å²) in [5.41, 5.74) is 4.06. The quantitative estimate of drug-likeness (QED) is 0.233. The van der Waals surface area contributed by atoms with Crippen LogP contribution in [0.15, 0.2) is 81.8 Å². The Labute approximate surface area is 213 Å². The largest absolute Gasteiger partial charge is 0.459 e. The lowest BCUT2D eigenvalue weighted by atomic mass is 10.1. The number of aryl methyl sites for hydroxylation is 1. The van der Waals surface area contributed by atoms with Crippen molar-refractivity contribution in [3.05, 3.63) is 90.1 Å². The van der Waals surface area contributed by atoms with E-state index in [9.17, 15) is 4.79 Å². The van der Waals surface area contributed by atoms with Gasteiger partial charge in [0, 0.05) is 12.1 Å². The number of carbonyl (C=O) groups is 1. The summed E-state index contributed by atoms with van der Waals surface area (Å²) in [6.45, 7) is 4.91. The average molecular weight is 499 g/mol. The predicted molar refractivity (Wildman–Crippen MR) is 139 cm³/mol. The molecule has 36 heavy (non-hydrogen) atoms. The van der Waals surface area contributed by atoms with Crippen molar-refractivity contribution in [3.63, 3.8) is 0 Å². The van der Waals surface area contributed by atoms with Gasteiger partial charge in [0.25, 0.3) is 5.89 Å². The summed E-state index contributed by atoms with van der Waals surface area (Å²) in [6, 6.07) is 21.9. The third-order valence-electron chi connectivity index (χ3n) is 5.72. The molecule has 0 bridgehead atoms. The molecule has 0 unspecified atom stereocenters. The normalized spacial score (nSPS) is 11.1. The Hall–Kier alpha value is -4.04. The second-order valence-electron chi connectivity index (χ2n) is 8.50. The Morgan fingerprint density at radius 2 is 1.78 bits per heavy atom. The molecule has 0 radical (unpaired) electrons. The van der Waals surface area contributed by atoms with Crippen molar-refractivity contribution in [2.45, 2.75) is 33.2 Å². The molecule has 7 nitrogen and oxygen atoms in total. The van der Waals surface area contributed by atoms with Gasteiger partial charge in [-0.05, 0) is 31.0 Å². The number of rotatable bonds is 9. The highest BCUT2D eigenvalue weighted by molar-refractivity contribution is 7.18. The molecule has 0 atom stereocenters. The third-order valence-corrected chi connectivity index (χ3v) is 6.92. The van der Waals surface area contributed by atoms with Gasteiger partial charge < -0.3 is 13.7 Å². The molecule has 2 aromatic carbocycles. The number of furan rings is 1. The third kappa shape index (κ3) is 5.28. The van der Waals surface area contributed by atoms with Crippen LogP contribution in [0, 0.1) is 6.92 Å². The molecule has 5 aromatic rings. The van der Waals surface area contributed by atoms with Crippen LogP contribution in [0.4, 0.5) is 0 Å². The molecule has 0 saturated carbocycles. The van der Waals surface area contributed by atoms with Crippen LogP contribution in [0.3, 0.4) is 0 Å². The first kappa shape index (κ1) is 23.7. The van der Waals surface area contributed by atoms with E-state index in [1.54, 1.807) is 34.6 Å². The van der Waals surface area contributed by atoms with Gasteiger partial charge in [-0.25, -0.2) is 4.98 Å². The summed E-state index contributed by atoms with van der Waals surface area (Å²) >= 11 is 1.61. The Kier molecular flexibility index (Phi) is 7.04. The van der Waals surface area contributed by atoms with Crippen LogP contribution >= 0.6 is 11.3 Å². The fraction of sp³-hybridized carbons (Fsp3) is 0.214. The van der Waals surface area contributed by atoms with Gasteiger partial charge in [-0.3, -0.25) is 4.79 Å². The van der Waals surface area contributed by atoms with Crippen molar-refractivity contribution in [1.29, 1.82) is 0 Å². The number of benzene rings is 2. The van der Waals surface area contributed by atoms with E-state index in [1.807, 2.05) is 37.3 Å². The molecule has 0 N–H and O–H groups in total. The van der Waals surface area contributed by atoms with E-state index in [-0.39, 0.29) is 18.9 Å². The van der Waals surface area contributed by atoms with Gasteiger partial charge in [0.15, 0.2) is 5.76 Å². The van der Waals surface area contributed by atoms with Crippen LogP contribution in [0.25, 0.3) is 32.7 Å². The van der Waals surface area contributed by atoms with Gasteiger partial charge in [0.2, 0.25) is 11.8 Å². The second kappa shape index (κ2) is 10.7. The van der Waals surface area contributed by atoms with E-state index in [4.69, 9.17) is 13.8 Å². The van der Waals surface area contributed by atoms with E-state index >= 15 is 0 Å². The fourth-order valence-corrected chi connectivity index (χ4v) is 5.00. The number of thiazole rings is 1. The Bertz CT molecular complexity index is 1420. The highest BCUT2D eigenvalue weighted by atomic mass is 32.1. The van der Waals surface area contributed by atoms with Crippen LogP contribution in [0.5, 0.6) is 0 Å². The first-order valence-corrected chi connectivity index (χ1v) is 12.7. The van der Waals surface area contributed by atoms with Crippen molar-refractivity contribution in [1.82, 2.24) is 20.1 Å². The summed E-state index contributed by atoms with van der Waals surface area (Å²) in [7, 11) is 0. The van der Waals surface area contributed by atoms with E-state index in [0.29, 0.717) is 24.1 Å². The zero-order valence-corrected chi connectivity index (χ0v) is 21.0. The summed E-state index contributed by atoms with van der Waals surface area (Å²) in [5.74, 6) is 1.13. The lowest BCUT2D eigenvalue weighted by Gasteiger charge is -2.20. The van der Waals surface area contributed by atoms with Crippen molar-refractivity contribution in [2.75, 3.05) is 6.54 Å². The highest BCUT2D eigenvalue weighted by Crippen LogP contribution is 2.36. The molecule has 8 heteroatoms. The van der Waals surface area contributed by atoms with Gasteiger partial charge in [0.1, 0.15) is 5.01 Å². The van der Waals surface area contributed by atoms with Gasteiger partial charge in [-0.2, -0.15) is 0 Å². The van der Waals surface area contributed by atoms with E-state index in [0.717, 1.165) is 33.1 Å². The summed E-state index contributed by atoms with van der Waals surface area (Å²) in [6.07, 6.45) is 2.54. The van der Waals surface area contributed by atoms with E-state index < -0.39 is 0 Å². The standard InChI is InChI=1S/C28H26N4O3S/c1-3-15-32(18-24-30-31-27(35-24)23-10-7-16-34-23)25(33)17-22-26(20-13-11-19(2)12-14-20)36-28(29-22)21-8-5-4-6-9-21/h4-14,16H,3,15,17-18H2,1-2H3. The highest BCUT2D eigenvalue weighted by Gasteiger charge is 2.22. The molecule has 0 fully saturated rings. The van der Waals surface area contributed by atoms with Crippen LogP contribution < -0.4 is 0 Å². The lowest BCUT2D eigenvalue weighted by Crippen LogP contribution is -2.32. The Morgan fingerprint density at radius 3 is 2.50 bits per heavy atom. The molecule has 0 aliphatic heterocycles. The van der Waals surface area contributed by atoms with Crippen LogP contribution in [0.1, 0.15) is 30.5 Å². The molecule has 5 rings (SSSR count). The van der Waals surface area contributed by atoms with Crippen LogP contribution in [-0.2, 0) is 17.8 Å². The topological polar surface area (TPSA) is 85.3 Å². The molecule has 3 heterocycles. The Balaban J connectivity index is 1.41. The lowest BCUT2D eigenvalue weighted by molar-refractivity contribution is -0.131. The molecule has 0 aliphatic rings. The molecule has 0 aliphatic carbocycles. The number of hydrogen-bond acceptors (Lipinski definition) is 7. The maximum Gasteiger partial charge on any atom is 0.283 e. The summed E-state index contributed by atoms with van der Waals surface area (Å²) in [4.78, 5) is 21.2. The van der Waals surface area contributed by atoms with Gasteiger partial charge in [0.05, 0.1) is 29.8 Å². The maximum absolute atomic E-state index is 13.5. The van der Waals surface area contributed by atoms with E-state index in [1.165, 1.54) is 5.56 Å². The molecule has 0 spiro atoms. The van der Waals surface area contributed by atoms with Crippen molar-refractivity contribution >= 4 is 17.2 Å². The van der Waals surface area contributed by atoms with Crippen molar-refractivity contribution in [3.8, 4) is 32.7 Å². The number of amides is 1. The molecule has 182 valence electrons. The smallest absolute Gasteiger partial charge is 0.283 e. The monoisotopic (exact) mass is 498 g/mol. The van der Waals surface area contributed by atoms with Gasteiger partial charge in [-0.15, -0.1) is 21.5 Å². The number of nitrogens with zero attached hydrogens (tertiary/aromatic N) is 4. The van der Waals surface area contributed by atoms with Crippen LogP contribution in [-0.4, -0.2) is 32.5 Å². The van der Waals surface area contributed by atoms with Crippen molar-refractivity contribution < 1.29 is 13.6 Å². The van der Waals surface area contributed by atoms with Crippen molar-refractivity contribution in [2.24, 2.45) is 0 Å². The number of aromatic nitrogens is 3. The average Bonchev–Trinajstić information content (AvgIpc) is 3.66. The number of hydrogen-bond donors (Lipinski definition) is 0. The second-order valence-corrected chi connectivity index (χ2v) is 9.50. The zero-order chi connectivity index (χ0) is 24.9. The fourth-order valence-electron chi connectivity index (χ4n) is 3.90. The first-order chi connectivity index (χ1) is 17.6. The summed E-state index contributed by atoms with van der Waals surface area (Å²) < 4.78 is 11.1. The molecule has 0 saturated heterocycles. The van der Waals surface area contributed by atoms with E-state index in [2.05, 4.69) is 41.4 Å². The molecular weight excluding hydrogens is 472 g/mol. The molecule has 1 amide bonds. The first-order valence-electron chi connectivity index (χ1n) is 11.9. The molecule has 3 aromatic heterocycles.